The zero-order valence-electron chi connectivity index (χ0n) is 12.5. The van der Waals surface area contributed by atoms with E-state index in [1.54, 1.807) is 0 Å². The molecule has 1 atom stereocenters. The summed E-state index contributed by atoms with van der Waals surface area (Å²) in [4.78, 5) is 11.9. The van der Waals surface area contributed by atoms with Gasteiger partial charge in [-0.25, -0.2) is 0 Å². The van der Waals surface area contributed by atoms with E-state index < -0.39 is 0 Å². The van der Waals surface area contributed by atoms with Crippen LogP contribution in [0.5, 0.6) is 5.75 Å². The molecule has 1 saturated heterocycles. The maximum atomic E-state index is 11.9. The Morgan fingerprint density at radius 3 is 2.75 bits per heavy atom. The molecule has 0 spiro atoms. The second-order valence-corrected chi connectivity index (χ2v) is 5.76. The van der Waals surface area contributed by atoms with E-state index in [1.165, 1.54) is 0 Å². The summed E-state index contributed by atoms with van der Waals surface area (Å²) in [6.45, 7) is 7.93. The molecule has 0 aromatic heterocycles. The van der Waals surface area contributed by atoms with Crippen LogP contribution in [0.25, 0.3) is 0 Å². The van der Waals surface area contributed by atoms with Crippen molar-refractivity contribution in [3.63, 3.8) is 0 Å². The summed E-state index contributed by atoms with van der Waals surface area (Å²) in [7, 11) is 0. The molecule has 1 aromatic carbocycles. The van der Waals surface area contributed by atoms with Gasteiger partial charge in [0.05, 0.1) is 12.1 Å². The van der Waals surface area contributed by atoms with Gasteiger partial charge in [0, 0.05) is 6.42 Å². The van der Waals surface area contributed by atoms with Gasteiger partial charge in [-0.3, -0.25) is 4.79 Å². The fourth-order valence-corrected chi connectivity index (χ4v) is 2.27. The van der Waals surface area contributed by atoms with Gasteiger partial charge in [0.25, 0.3) is 0 Å². The molecule has 110 valence electrons. The largest absolute Gasteiger partial charge is 0.491 e. The second-order valence-electron chi connectivity index (χ2n) is 5.76. The summed E-state index contributed by atoms with van der Waals surface area (Å²) in [5.41, 5.74) is 1.07. The Morgan fingerprint density at radius 1 is 1.40 bits per heavy atom. The number of benzene rings is 1. The molecule has 2 N–H and O–H groups in total. The third kappa shape index (κ3) is 4.23. The highest BCUT2D eigenvalue weighted by molar-refractivity contribution is 5.76. The number of rotatable bonds is 6. The van der Waals surface area contributed by atoms with Crippen molar-refractivity contribution >= 4 is 5.91 Å². The first-order valence-corrected chi connectivity index (χ1v) is 7.31. The average molecular weight is 276 g/mol. The molecule has 1 unspecified atom stereocenters. The summed E-state index contributed by atoms with van der Waals surface area (Å²) in [6, 6.07) is 7.92. The van der Waals surface area contributed by atoms with Crippen LogP contribution in [0.4, 0.5) is 0 Å². The van der Waals surface area contributed by atoms with E-state index >= 15 is 0 Å². The van der Waals surface area contributed by atoms with E-state index in [9.17, 15) is 4.79 Å². The average Bonchev–Trinajstić information content (AvgIpc) is 2.33. The van der Waals surface area contributed by atoms with Crippen LogP contribution < -0.4 is 15.4 Å². The zero-order valence-corrected chi connectivity index (χ0v) is 12.5. The minimum absolute atomic E-state index is 0.00579. The van der Waals surface area contributed by atoms with Crippen LogP contribution in [-0.4, -0.2) is 25.1 Å². The molecule has 1 amide bonds. The molecule has 4 heteroatoms. The van der Waals surface area contributed by atoms with Crippen molar-refractivity contribution < 1.29 is 9.53 Å². The number of ether oxygens (including phenoxy) is 1. The maximum absolute atomic E-state index is 11.9. The normalized spacial score (nSPS) is 16.6. The number of carbonyl (C=O) groups excluding carboxylic acids is 1. The van der Waals surface area contributed by atoms with Gasteiger partial charge in [0.2, 0.25) is 5.91 Å². The quantitative estimate of drug-likeness (QED) is 0.838. The summed E-state index contributed by atoms with van der Waals surface area (Å²) >= 11 is 0. The predicted octanol–water partition coefficient (Wildman–Crippen LogP) is 2.26. The molecular weight excluding hydrogens is 252 g/mol. The van der Waals surface area contributed by atoms with E-state index in [-0.39, 0.29) is 18.1 Å². The van der Waals surface area contributed by atoms with Crippen LogP contribution in [0.3, 0.4) is 0 Å². The van der Waals surface area contributed by atoms with E-state index in [4.69, 9.17) is 4.74 Å². The van der Waals surface area contributed by atoms with Gasteiger partial charge in [-0.2, -0.15) is 0 Å². The lowest BCUT2D eigenvalue weighted by Crippen LogP contribution is -2.44. The Balaban J connectivity index is 1.90. The van der Waals surface area contributed by atoms with E-state index in [0.29, 0.717) is 12.3 Å². The van der Waals surface area contributed by atoms with Crippen LogP contribution >= 0.6 is 0 Å². The first kappa shape index (κ1) is 14.9. The van der Waals surface area contributed by atoms with Crippen molar-refractivity contribution in [2.75, 3.05) is 13.1 Å². The fraction of sp³-hybridized carbons (Fsp3) is 0.562. The van der Waals surface area contributed by atoms with E-state index in [2.05, 4.69) is 10.6 Å². The first-order valence-electron chi connectivity index (χ1n) is 7.31. The molecule has 1 aromatic rings. The topological polar surface area (TPSA) is 50.4 Å². The van der Waals surface area contributed by atoms with Crippen LogP contribution in [0, 0.1) is 5.92 Å². The van der Waals surface area contributed by atoms with Gasteiger partial charge >= 0.3 is 0 Å². The fourth-order valence-electron chi connectivity index (χ4n) is 2.27. The van der Waals surface area contributed by atoms with Gasteiger partial charge in [0.1, 0.15) is 5.75 Å². The number of nitrogens with one attached hydrogen (secondary N) is 2. The molecule has 1 fully saturated rings. The van der Waals surface area contributed by atoms with Crippen molar-refractivity contribution in [3.8, 4) is 5.75 Å². The minimum atomic E-state index is 0.00579. The second kappa shape index (κ2) is 6.75. The molecule has 1 aliphatic heterocycles. The summed E-state index contributed by atoms with van der Waals surface area (Å²) < 4.78 is 5.68. The van der Waals surface area contributed by atoms with Crippen LogP contribution in [0.1, 0.15) is 38.8 Å². The summed E-state index contributed by atoms with van der Waals surface area (Å²) in [5, 5.41) is 6.23. The highest BCUT2D eigenvalue weighted by atomic mass is 16.5. The number of hydrogen-bond donors (Lipinski definition) is 2. The smallest absolute Gasteiger partial charge is 0.220 e. The lowest BCUT2D eigenvalue weighted by Gasteiger charge is -2.27. The van der Waals surface area contributed by atoms with Crippen molar-refractivity contribution in [2.24, 2.45) is 5.92 Å². The van der Waals surface area contributed by atoms with E-state index in [1.807, 2.05) is 45.0 Å². The molecule has 20 heavy (non-hydrogen) atoms. The number of amides is 1. The van der Waals surface area contributed by atoms with Gasteiger partial charge in [-0.05, 0) is 57.5 Å². The summed E-state index contributed by atoms with van der Waals surface area (Å²) in [6.07, 6.45) is 0.765. The van der Waals surface area contributed by atoms with Crippen LogP contribution in [0.2, 0.25) is 0 Å². The SMILES string of the molecule is CC(C)Oc1cccc(C(C)NC(=O)CC2CNC2)c1. The van der Waals surface area contributed by atoms with Crippen LogP contribution in [0.15, 0.2) is 24.3 Å². The molecule has 1 aliphatic rings. The molecular formula is C16H24N2O2. The number of carbonyl (C=O) groups is 1. The Morgan fingerprint density at radius 2 is 2.15 bits per heavy atom. The third-order valence-electron chi connectivity index (χ3n) is 3.45. The lowest BCUT2D eigenvalue weighted by molar-refractivity contribution is -0.123. The molecule has 2 rings (SSSR count). The monoisotopic (exact) mass is 276 g/mol. The Kier molecular flexibility index (Phi) is 5.01. The molecule has 0 aliphatic carbocycles. The van der Waals surface area contributed by atoms with Crippen molar-refractivity contribution in [1.29, 1.82) is 0 Å². The van der Waals surface area contributed by atoms with Gasteiger partial charge in [-0.15, -0.1) is 0 Å². The predicted molar refractivity (Wildman–Crippen MR) is 79.7 cm³/mol. The standard InChI is InChI=1S/C16H24N2O2/c1-11(2)20-15-6-4-5-14(8-15)12(3)18-16(19)7-13-9-17-10-13/h4-6,8,11-13,17H,7,9-10H2,1-3H3,(H,18,19). The van der Waals surface area contributed by atoms with Crippen molar-refractivity contribution in [1.82, 2.24) is 10.6 Å². The number of hydrogen-bond acceptors (Lipinski definition) is 3. The van der Waals surface area contributed by atoms with Gasteiger partial charge < -0.3 is 15.4 Å². The first-order chi connectivity index (χ1) is 9.54. The molecule has 4 nitrogen and oxygen atoms in total. The Labute approximate surface area is 120 Å². The molecule has 0 saturated carbocycles. The highest BCUT2D eigenvalue weighted by Crippen LogP contribution is 2.20. The van der Waals surface area contributed by atoms with Crippen molar-refractivity contribution in [3.05, 3.63) is 29.8 Å². The lowest BCUT2D eigenvalue weighted by atomic mass is 9.98. The summed E-state index contributed by atoms with van der Waals surface area (Å²) in [5.74, 6) is 1.47. The zero-order chi connectivity index (χ0) is 14.5. The minimum Gasteiger partial charge on any atom is -0.491 e. The molecule has 0 radical (unpaired) electrons. The van der Waals surface area contributed by atoms with Crippen LogP contribution in [-0.2, 0) is 4.79 Å². The molecule has 1 heterocycles. The van der Waals surface area contributed by atoms with E-state index in [0.717, 1.165) is 24.4 Å². The van der Waals surface area contributed by atoms with Gasteiger partial charge in [-0.1, -0.05) is 12.1 Å². The third-order valence-corrected chi connectivity index (χ3v) is 3.45. The Bertz CT molecular complexity index is 456. The highest BCUT2D eigenvalue weighted by Gasteiger charge is 2.21. The maximum Gasteiger partial charge on any atom is 0.220 e. The molecule has 0 bridgehead atoms. The Hall–Kier alpha value is -1.55. The van der Waals surface area contributed by atoms with Gasteiger partial charge in [0.15, 0.2) is 0 Å². The van der Waals surface area contributed by atoms with Crippen molar-refractivity contribution in [2.45, 2.75) is 39.3 Å².